The van der Waals surface area contributed by atoms with Gasteiger partial charge in [0.15, 0.2) is 11.6 Å². The molecule has 2 unspecified atom stereocenters. The Morgan fingerprint density at radius 2 is 2.00 bits per heavy atom. The Kier molecular flexibility index (Phi) is 8.31. The highest BCUT2D eigenvalue weighted by atomic mass is 19.1. The number of nitrogens with one attached hydrogen (secondary N) is 1. The topological polar surface area (TPSA) is 30.5 Å². The van der Waals surface area contributed by atoms with E-state index in [0.717, 1.165) is 19.4 Å². The minimum atomic E-state index is -0.269. The van der Waals surface area contributed by atoms with Crippen LogP contribution in [0.2, 0.25) is 0 Å². The average Bonchev–Trinajstić information content (AvgIpc) is 2.51. The van der Waals surface area contributed by atoms with Crippen LogP contribution in [-0.4, -0.2) is 32.4 Å². The summed E-state index contributed by atoms with van der Waals surface area (Å²) in [5, 5.41) is 3.49. The summed E-state index contributed by atoms with van der Waals surface area (Å²) in [5.41, 5.74) is 0.668. The standard InChI is InChI=1S/C17H28FNO2/c1-5-11-19-14(15(6-2)21-7-3)12-13-9-8-10-16(20-4)17(13)18/h8-10,14-15,19H,5-7,11-12H2,1-4H3. The molecule has 3 nitrogen and oxygen atoms in total. The molecule has 21 heavy (non-hydrogen) atoms. The third kappa shape index (κ3) is 5.29. The van der Waals surface area contributed by atoms with Crippen molar-refractivity contribution in [1.82, 2.24) is 5.32 Å². The number of halogens is 1. The second kappa shape index (κ2) is 9.74. The van der Waals surface area contributed by atoms with Gasteiger partial charge in [0, 0.05) is 12.6 Å². The smallest absolute Gasteiger partial charge is 0.168 e. The molecule has 1 aromatic carbocycles. The fraction of sp³-hybridized carbons (Fsp3) is 0.647. The molecule has 0 saturated heterocycles. The van der Waals surface area contributed by atoms with Crippen molar-refractivity contribution in [3.8, 4) is 5.75 Å². The average molecular weight is 297 g/mol. The summed E-state index contributed by atoms with van der Waals surface area (Å²) in [5.74, 6) is 0.0286. The van der Waals surface area contributed by atoms with Gasteiger partial charge in [0.1, 0.15) is 0 Å². The summed E-state index contributed by atoms with van der Waals surface area (Å²) in [6.07, 6.45) is 2.63. The molecule has 2 atom stereocenters. The summed E-state index contributed by atoms with van der Waals surface area (Å²) in [7, 11) is 1.49. The Morgan fingerprint density at radius 1 is 1.24 bits per heavy atom. The van der Waals surface area contributed by atoms with Gasteiger partial charge in [-0.05, 0) is 44.4 Å². The van der Waals surface area contributed by atoms with E-state index in [1.165, 1.54) is 7.11 Å². The first-order valence-electron chi connectivity index (χ1n) is 7.84. The summed E-state index contributed by atoms with van der Waals surface area (Å²) in [4.78, 5) is 0. The molecule has 1 aromatic rings. The lowest BCUT2D eigenvalue weighted by molar-refractivity contribution is 0.0317. The van der Waals surface area contributed by atoms with Gasteiger partial charge in [-0.3, -0.25) is 0 Å². The fourth-order valence-corrected chi connectivity index (χ4v) is 2.51. The molecule has 1 rings (SSSR count). The molecule has 120 valence electrons. The van der Waals surface area contributed by atoms with Crippen LogP contribution in [0.4, 0.5) is 4.39 Å². The second-order valence-corrected chi connectivity index (χ2v) is 5.10. The highest BCUT2D eigenvalue weighted by Gasteiger charge is 2.22. The lowest BCUT2D eigenvalue weighted by Crippen LogP contribution is -2.43. The van der Waals surface area contributed by atoms with Crippen molar-refractivity contribution in [3.05, 3.63) is 29.6 Å². The first kappa shape index (κ1) is 17.9. The number of hydrogen-bond donors (Lipinski definition) is 1. The number of rotatable bonds is 10. The van der Waals surface area contributed by atoms with Crippen molar-refractivity contribution in [2.75, 3.05) is 20.3 Å². The van der Waals surface area contributed by atoms with Crippen LogP contribution < -0.4 is 10.1 Å². The van der Waals surface area contributed by atoms with Gasteiger partial charge >= 0.3 is 0 Å². The van der Waals surface area contributed by atoms with Gasteiger partial charge in [-0.25, -0.2) is 4.39 Å². The van der Waals surface area contributed by atoms with Crippen LogP contribution in [0, 0.1) is 5.82 Å². The molecule has 0 aliphatic heterocycles. The molecule has 0 aliphatic carbocycles. The van der Waals surface area contributed by atoms with E-state index < -0.39 is 0 Å². The first-order chi connectivity index (χ1) is 10.2. The molecule has 0 aromatic heterocycles. The Bertz CT molecular complexity index is 412. The normalized spacial score (nSPS) is 14.0. The fourth-order valence-electron chi connectivity index (χ4n) is 2.51. The van der Waals surface area contributed by atoms with Crippen molar-refractivity contribution in [2.45, 2.75) is 52.2 Å². The van der Waals surface area contributed by atoms with Crippen LogP contribution in [-0.2, 0) is 11.2 Å². The van der Waals surface area contributed by atoms with E-state index in [1.807, 2.05) is 19.1 Å². The predicted octanol–water partition coefficient (Wildman–Crippen LogP) is 3.56. The monoisotopic (exact) mass is 297 g/mol. The largest absolute Gasteiger partial charge is 0.494 e. The minimum Gasteiger partial charge on any atom is -0.494 e. The van der Waals surface area contributed by atoms with Gasteiger partial charge in [0.2, 0.25) is 0 Å². The van der Waals surface area contributed by atoms with Crippen molar-refractivity contribution in [2.24, 2.45) is 0 Å². The van der Waals surface area contributed by atoms with E-state index in [2.05, 4.69) is 19.2 Å². The first-order valence-corrected chi connectivity index (χ1v) is 7.84. The third-order valence-corrected chi connectivity index (χ3v) is 3.59. The van der Waals surface area contributed by atoms with E-state index in [-0.39, 0.29) is 18.0 Å². The van der Waals surface area contributed by atoms with Crippen molar-refractivity contribution in [3.63, 3.8) is 0 Å². The zero-order valence-corrected chi connectivity index (χ0v) is 13.6. The zero-order chi connectivity index (χ0) is 15.7. The van der Waals surface area contributed by atoms with Gasteiger partial charge in [-0.15, -0.1) is 0 Å². The Labute approximate surface area is 127 Å². The second-order valence-electron chi connectivity index (χ2n) is 5.10. The van der Waals surface area contributed by atoms with E-state index in [9.17, 15) is 4.39 Å². The molecule has 0 heterocycles. The minimum absolute atomic E-state index is 0.0900. The van der Waals surface area contributed by atoms with Crippen molar-refractivity contribution >= 4 is 0 Å². The maximum atomic E-state index is 14.3. The van der Waals surface area contributed by atoms with E-state index >= 15 is 0 Å². The van der Waals surface area contributed by atoms with E-state index in [4.69, 9.17) is 9.47 Å². The van der Waals surface area contributed by atoms with Gasteiger partial charge in [-0.1, -0.05) is 26.0 Å². The Morgan fingerprint density at radius 3 is 2.57 bits per heavy atom. The quantitative estimate of drug-likeness (QED) is 0.716. The lowest BCUT2D eigenvalue weighted by Gasteiger charge is -2.27. The SMILES string of the molecule is CCCNC(Cc1cccc(OC)c1F)C(CC)OCC. The van der Waals surface area contributed by atoms with E-state index in [0.29, 0.717) is 24.3 Å². The molecular formula is C17H28FNO2. The van der Waals surface area contributed by atoms with Gasteiger partial charge < -0.3 is 14.8 Å². The summed E-state index contributed by atoms with van der Waals surface area (Å²) >= 11 is 0. The highest BCUT2D eigenvalue weighted by molar-refractivity contribution is 5.31. The summed E-state index contributed by atoms with van der Waals surface area (Å²) in [6.45, 7) is 7.79. The number of methoxy groups -OCH3 is 1. The maximum absolute atomic E-state index is 14.3. The predicted molar refractivity (Wildman–Crippen MR) is 84.4 cm³/mol. The van der Waals surface area contributed by atoms with Crippen LogP contribution in [0.25, 0.3) is 0 Å². The van der Waals surface area contributed by atoms with Crippen LogP contribution in [0.1, 0.15) is 39.2 Å². The Balaban J connectivity index is 2.89. The third-order valence-electron chi connectivity index (χ3n) is 3.59. The van der Waals surface area contributed by atoms with Gasteiger partial charge in [-0.2, -0.15) is 0 Å². The number of ether oxygens (including phenoxy) is 2. The number of hydrogen-bond acceptors (Lipinski definition) is 3. The Hall–Kier alpha value is -1.13. The molecular weight excluding hydrogens is 269 g/mol. The summed E-state index contributed by atoms with van der Waals surface area (Å²) < 4.78 is 25.2. The molecule has 0 bridgehead atoms. The van der Waals surface area contributed by atoms with Crippen LogP contribution in [0.5, 0.6) is 5.75 Å². The van der Waals surface area contributed by atoms with Crippen molar-refractivity contribution < 1.29 is 13.9 Å². The molecule has 4 heteroatoms. The number of benzene rings is 1. The maximum Gasteiger partial charge on any atom is 0.168 e. The van der Waals surface area contributed by atoms with Gasteiger partial charge in [0.05, 0.1) is 13.2 Å². The molecule has 0 spiro atoms. The van der Waals surface area contributed by atoms with Crippen molar-refractivity contribution in [1.29, 1.82) is 0 Å². The highest BCUT2D eigenvalue weighted by Crippen LogP contribution is 2.22. The van der Waals surface area contributed by atoms with Crippen LogP contribution in [0.3, 0.4) is 0 Å². The van der Waals surface area contributed by atoms with Crippen LogP contribution in [0.15, 0.2) is 18.2 Å². The summed E-state index contributed by atoms with van der Waals surface area (Å²) in [6, 6.07) is 5.40. The molecule has 0 fully saturated rings. The van der Waals surface area contributed by atoms with Crippen LogP contribution >= 0.6 is 0 Å². The zero-order valence-electron chi connectivity index (χ0n) is 13.6. The van der Waals surface area contributed by atoms with Gasteiger partial charge in [0.25, 0.3) is 0 Å². The molecule has 0 aliphatic rings. The van der Waals surface area contributed by atoms with E-state index in [1.54, 1.807) is 6.07 Å². The molecule has 0 radical (unpaired) electrons. The lowest BCUT2D eigenvalue weighted by atomic mass is 9.98. The molecule has 0 saturated carbocycles. The molecule has 0 amide bonds. The molecule has 1 N–H and O–H groups in total.